The van der Waals surface area contributed by atoms with Gasteiger partial charge in [0.1, 0.15) is 0 Å². The third kappa shape index (κ3) is 4.79. The Morgan fingerprint density at radius 2 is 1.85 bits per heavy atom. The van der Waals surface area contributed by atoms with Gasteiger partial charge in [-0.2, -0.15) is 0 Å². The Labute approximate surface area is 163 Å². The Bertz CT molecular complexity index is 821. The molecule has 1 aliphatic rings. The van der Waals surface area contributed by atoms with Crippen molar-refractivity contribution >= 4 is 29.1 Å². The summed E-state index contributed by atoms with van der Waals surface area (Å²) in [6.45, 7) is 2.51. The third-order valence-electron chi connectivity index (χ3n) is 4.43. The molecule has 0 fully saturated rings. The fraction of sp³-hybridized carbons (Fsp3) is 0.250. The minimum absolute atomic E-state index is 0.106. The van der Waals surface area contributed by atoms with Gasteiger partial charge in [0.15, 0.2) is 0 Å². The number of nitrogens with zero attached hydrogens (tertiary/aromatic N) is 1. The van der Waals surface area contributed by atoms with Crippen molar-refractivity contribution in [3.8, 4) is 0 Å². The highest BCUT2D eigenvalue weighted by Crippen LogP contribution is 2.24. The summed E-state index contributed by atoms with van der Waals surface area (Å²) in [6.07, 6.45) is 0.676. The molecular formula is C20H21Cl2N3O. The van der Waals surface area contributed by atoms with Gasteiger partial charge in [0.25, 0.3) is 5.91 Å². The van der Waals surface area contributed by atoms with E-state index in [2.05, 4.69) is 10.2 Å². The molecule has 2 aromatic rings. The molecule has 1 aliphatic heterocycles. The van der Waals surface area contributed by atoms with Crippen LogP contribution >= 0.6 is 23.2 Å². The van der Waals surface area contributed by atoms with Crippen LogP contribution in [0.3, 0.4) is 0 Å². The molecule has 0 bridgehead atoms. The minimum atomic E-state index is -0.106. The van der Waals surface area contributed by atoms with Crippen LogP contribution in [0.5, 0.6) is 0 Å². The van der Waals surface area contributed by atoms with Gasteiger partial charge < -0.3 is 11.1 Å². The summed E-state index contributed by atoms with van der Waals surface area (Å²) < 4.78 is 0. The lowest BCUT2D eigenvalue weighted by Gasteiger charge is -2.29. The quantitative estimate of drug-likeness (QED) is 0.818. The molecule has 0 saturated heterocycles. The molecule has 136 valence electrons. The van der Waals surface area contributed by atoms with Crippen LogP contribution in [0.1, 0.15) is 17.5 Å². The van der Waals surface area contributed by atoms with Crippen LogP contribution in [0.15, 0.2) is 59.8 Å². The van der Waals surface area contributed by atoms with Gasteiger partial charge >= 0.3 is 0 Å². The van der Waals surface area contributed by atoms with Crippen molar-refractivity contribution in [1.29, 1.82) is 0 Å². The number of hydrogen-bond acceptors (Lipinski definition) is 3. The van der Waals surface area contributed by atoms with Crippen molar-refractivity contribution in [1.82, 2.24) is 10.2 Å². The summed E-state index contributed by atoms with van der Waals surface area (Å²) in [5.41, 5.74) is 9.53. The molecule has 0 atom stereocenters. The van der Waals surface area contributed by atoms with E-state index in [9.17, 15) is 4.79 Å². The predicted octanol–water partition coefficient (Wildman–Crippen LogP) is 3.73. The van der Waals surface area contributed by atoms with E-state index in [0.29, 0.717) is 47.4 Å². The first-order valence-corrected chi connectivity index (χ1v) is 9.24. The molecule has 0 aromatic heterocycles. The fourth-order valence-corrected chi connectivity index (χ4v) is 3.29. The van der Waals surface area contributed by atoms with Crippen LogP contribution in [0.25, 0.3) is 0 Å². The number of carbonyl (C=O) groups is 1. The molecule has 1 amide bonds. The zero-order valence-corrected chi connectivity index (χ0v) is 15.9. The van der Waals surface area contributed by atoms with Crippen LogP contribution in [-0.4, -0.2) is 23.9 Å². The number of amides is 1. The molecular weight excluding hydrogens is 369 g/mol. The first kappa shape index (κ1) is 18.8. The van der Waals surface area contributed by atoms with E-state index in [1.807, 2.05) is 42.5 Å². The van der Waals surface area contributed by atoms with E-state index < -0.39 is 0 Å². The van der Waals surface area contributed by atoms with E-state index in [0.717, 1.165) is 17.7 Å². The van der Waals surface area contributed by atoms with E-state index in [1.165, 1.54) is 0 Å². The van der Waals surface area contributed by atoms with Crippen molar-refractivity contribution in [3.05, 3.63) is 81.0 Å². The largest absolute Gasteiger partial charge is 0.402 e. The molecule has 4 nitrogen and oxygen atoms in total. The van der Waals surface area contributed by atoms with Gasteiger partial charge in [-0.3, -0.25) is 9.69 Å². The smallest absolute Gasteiger partial charge is 0.250 e. The molecule has 1 heterocycles. The van der Waals surface area contributed by atoms with Gasteiger partial charge in [-0.15, -0.1) is 0 Å². The first-order valence-electron chi connectivity index (χ1n) is 8.49. The van der Waals surface area contributed by atoms with Crippen LogP contribution < -0.4 is 11.1 Å². The SMILES string of the molecule is NC1=C(C(=O)NCc2ccccc2)CN(Cc2ccc(Cl)c(Cl)c2)CC1. The minimum Gasteiger partial charge on any atom is -0.402 e. The van der Waals surface area contributed by atoms with E-state index in [-0.39, 0.29) is 5.91 Å². The van der Waals surface area contributed by atoms with Crippen molar-refractivity contribution < 1.29 is 4.79 Å². The summed E-state index contributed by atoms with van der Waals surface area (Å²) in [7, 11) is 0. The van der Waals surface area contributed by atoms with E-state index in [4.69, 9.17) is 28.9 Å². The summed E-state index contributed by atoms with van der Waals surface area (Å²) in [4.78, 5) is 14.8. The monoisotopic (exact) mass is 389 g/mol. The first-order chi connectivity index (χ1) is 12.5. The summed E-state index contributed by atoms with van der Waals surface area (Å²) in [6, 6.07) is 15.4. The molecule has 0 aliphatic carbocycles. The second-order valence-electron chi connectivity index (χ2n) is 6.38. The third-order valence-corrected chi connectivity index (χ3v) is 5.17. The highest BCUT2D eigenvalue weighted by molar-refractivity contribution is 6.42. The zero-order valence-electron chi connectivity index (χ0n) is 14.3. The Morgan fingerprint density at radius 3 is 2.58 bits per heavy atom. The van der Waals surface area contributed by atoms with Gasteiger partial charge in [-0.25, -0.2) is 0 Å². The van der Waals surface area contributed by atoms with E-state index in [1.54, 1.807) is 6.07 Å². The van der Waals surface area contributed by atoms with Gasteiger partial charge in [0, 0.05) is 43.9 Å². The van der Waals surface area contributed by atoms with Gasteiger partial charge in [0.2, 0.25) is 0 Å². The highest BCUT2D eigenvalue weighted by Gasteiger charge is 2.22. The standard InChI is InChI=1S/C20H21Cl2N3O/c21-17-7-6-15(10-18(17)22)12-25-9-8-19(23)16(13-25)20(26)24-11-14-4-2-1-3-5-14/h1-7,10H,8-9,11-13,23H2,(H,24,26). The summed E-state index contributed by atoms with van der Waals surface area (Å²) >= 11 is 12.1. The summed E-state index contributed by atoms with van der Waals surface area (Å²) in [5.74, 6) is -0.106. The predicted molar refractivity (Wildman–Crippen MR) is 106 cm³/mol. The molecule has 2 aromatic carbocycles. The second-order valence-corrected chi connectivity index (χ2v) is 7.20. The Balaban J connectivity index is 1.62. The van der Waals surface area contributed by atoms with Crippen molar-refractivity contribution in [2.75, 3.05) is 13.1 Å². The molecule has 3 rings (SSSR count). The van der Waals surface area contributed by atoms with Crippen LogP contribution in [0.2, 0.25) is 10.0 Å². The lowest BCUT2D eigenvalue weighted by atomic mass is 10.0. The molecule has 26 heavy (non-hydrogen) atoms. The number of hydrogen-bond donors (Lipinski definition) is 2. The van der Waals surface area contributed by atoms with Crippen molar-refractivity contribution in [3.63, 3.8) is 0 Å². The van der Waals surface area contributed by atoms with Crippen molar-refractivity contribution in [2.24, 2.45) is 5.73 Å². The van der Waals surface area contributed by atoms with Crippen molar-refractivity contribution in [2.45, 2.75) is 19.5 Å². The number of carbonyl (C=O) groups excluding carboxylic acids is 1. The number of rotatable bonds is 5. The molecule has 0 spiro atoms. The molecule has 3 N–H and O–H groups in total. The lowest BCUT2D eigenvalue weighted by molar-refractivity contribution is -0.118. The van der Waals surface area contributed by atoms with Gasteiger partial charge in [-0.1, -0.05) is 59.6 Å². The molecule has 0 saturated carbocycles. The molecule has 6 heteroatoms. The Morgan fingerprint density at radius 1 is 1.08 bits per heavy atom. The number of benzene rings is 2. The number of halogens is 2. The maximum Gasteiger partial charge on any atom is 0.250 e. The van der Waals surface area contributed by atoms with E-state index >= 15 is 0 Å². The lowest BCUT2D eigenvalue weighted by Crippen LogP contribution is -2.39. The van der Waals surface area contributed by atoms with Gasteiger partial charge in [-0.05, 0) is 23.3 Å². The normalized spacial score (nSPS) is 15.2. The number of nitrogens with two attached hydrogens (primary N) is 1. The van der Waals surface area contributed by atoms with Gasteiger partial charge in [0.05, 0.1) is 10.0 Å². The van der Waals surface area contributed by atoms with Crippen LogP contribution in [0.4, 0.5) is 0 Å². The summed E-state index contributed by atoms with van der Waals surface area (Å²) in [5, 5.41) is 4.04. The number of nitrogens with one attached hydrogen (secondary N) is 1. The molecule has 0 radical (unpaired) electrons. The maximum atomic E-state index is 12.6. The topological polar surface area (TPSA) is 58.4 Å². The molecule has 0 unspecified atom stereocenters. The average Bonchev–Trinajstić information content (AvgIpc) is 2.65. The average molecular weight is 390 g/mol. The Hall–Kier alpha value is -2.01. The second kappa shape index (κ2) is 8.58. The Kier molecular flexibility index (Phi) is 6.20. The van der Waals surface area contributed by atoms with Crippen LogP contribution in [-0.2, 0) is 17.9 Å². The maximum absolute atomic E-state index is 12.6. The zero-order chi connectivity index (χ0) is 18.5. The highest BCUT2D eigenvalue weighted by atomic mass is 35.5. The fourth-order valence-electron chi connectivity index (χ4n) is 2.97. The van der Waals surface area contributed by atoms with Crippen LogP contribution in [0, 0.1) is 0 Å².